The Morgan fingerprint density at radius 1 is 1.32 bits per heavy atom. The molecule has 25 heavy (non-hydrogen) atoms. The molecule has 1 aromatic heterocycles. The van der Waals surface area contributed by atoms with Crippen molar-refractivity contribution in [1.29, 1.82) is 0 Å². The lowest BCUT2D eigenvalue weighted by Crippen LogP contribution is -2.36. The molecule has 0 saturated heterocycles. The molecule has 3 rings (SSSR count). The molecule has 1 aliphatic rings. The van der Waals surface area contributed by atoms with Crippen molar-refractivity contribution in [3.8, 4) is 5.88 Å². The maximum absolute atomic E-state index is 13.0. The number of carbonyl (C=O) groups is 1. The maximum atomic E-state index is 13.0. The fourth-order valence-electron chi connectivity index (χ4n) is 2.70. The Kier molecular flexibility index (Phi) is 4.44. The van der Waals surface area contributed by atoms with Crippen molar-refractivity contribution < 1.29 is 27.4 Å². The molecule has 0 atom stereocenters. The molecule has 0 spiro atoms. The van der Waals surface area contributed by atoms with Crippen LogP contribution < -0.4 is 4.74 Å². The molecule has 1 aromatic carbocycles. The minimum absolute atomic E-state index is 0.00101. The van der Waals surface area contributed by atoms with Crippen LogP contribution in [0.1, 0.15) is 21.6 Å². The number of pyridine rings is 1. The summed E-state index contributed by atoms with van der Waals surface area (Å²) in [5.41, 5.74) is 0.991. The van der Waals surface area contributed by atoms with E-state index in [2.05, 4.69) is 4.98 Å². The third kappa shape index (κ3) is 3.20. The molecule has 9 heteroatoms. The van der Waals surface area contributed by atoms with Gasteiger partial charge in [0, 0.05) is 19.5 Å². The number of sulfonamides is 1. The number of fused-ring (bicyclic) bond motifs is 1. The van der Waals surface area contributed by atoms with Gasteiger partial charge < -0.3 is 9.84 Å². The lowest BCUT2D eigenvalue weighted by molar-refractivity contribution is 0.0692. The van der Waals surface area contributed by atoms with Crippen LogP contribution in [-0.2, 0) is 23.0 Å². The molecule has 1 N–H and O–H groups in total. The number of halogens is 1. The standard InChI is InChI=1S/C16H15FN2O5S/c1-24-15-13(16(20)21)8-10-9-19(7-6-14(10)18-15)25(22,23)12-4-2-11(17)3-5-12/h2-5,8H,6-7,9H2,1H3,(H,20,21). The lowest BCUT2D eigenvalue weighted by atomic mass is 10.0. The second kappa shape index (κ2) is 6.41. The first-order chi connectivity index (χ1) is 11.8. The largest absolute Gasteiger partial charge is 0.480 e. The van der Waals surface area contributed by atoms with Crippen LogP contribution in [0.2, 0.25) is 0 Å². The number of carboxylic acid groups (broad SMARTS) is 1. The van der Waals surface area contributed by atoms with Gasteiger partial charge in [0.05, 0.1) is 17.7 Å². The predicted molar refractivity (Wildman–Crippen MR) is 85.4 cm³/mol. The quantitative estimate of drug-likeness (QED) is 0.884. The molecule has 1 aliphatic heterocycles. The van der Waals surface area contributed by atoms with Crippen LogP contribution in [0, 0.1) is 5.82 Å². The van der Waals surface area contributed by atoms with Gasteiger partial charge in [-0.3, -0.25) is 0 Å². The van der Waals surface area contributed by atoms with Gasteiger partial charge in [-0.15, -0.1) is 0 Å². The van der Waals surface area contributed by atoms with Gasteiger partial charge in [-0.2, -0.15) is 4.31 Å². The fraction of sp³-hybridized carbons (Fsp3) is 0.250. The molecule has 0 radical (unpaired) electrons. The number of hydrogen-bond donors (Lipinski definition) is 1. The summed E-state index contributed by atoms with van der Waals surface area (Å²) in [6.45, 7) is 0.182. The molecule has 0 aliphatic carbocycles. The van der Waals surface area contributed by atoms with Crippen molar-refractivity contribution in [2.24, 2.45) is 0 Å². The van der Waals surface area contributed by atoms with Gasteiger partial charge in [0.2, 0.25) is 15.9 Å². The maximum Gasteiger partial charge on any atom is 0.341 e. The number of hydrogen-bond acceptors (Lipinski definition) is 5. The number of rotatable bonds is 4. The average molecular weight is 366 g/mol. The van der Waals surface area contributed by atoms with Crippen LogP contribution in [-0.4, -0.2) is 42.4 Å². The van der Waals surface area contributed by atoms with E-state index in [1.165, 1.54) is 29.6 Å². The number of nitrogens with zero attached hydrogens (tertiary/aromatic N) is 2. The summed E-state index contributed by atoms with van der Waals surface area (Å²) in [6, 6.07) is 5.96. The average Bonchev–Trinajstić information content (AvgIpc) is 2.60. The van der Waals surface area contributed by atoms with E-state index in [-0.39, 0.29) is 29.4 Å². The molecule has 2 aromatic rings. The molecular weight excluding hydrogens is 351 g/mol. The highest BCUT2D eigenvalue weighted by atomic mass is 32.2. The van der Waals surface area contributed by atoms with Gasteiger partial charge in [-0.1, -0.05) is 0 Å². The Bertz CT molecular complexity index is 928. The predicted octanol–water partition coefficient (Wildman–Crippen LogP) is 1.67. The Morgan fingerprint density at radius 2 is 2.00 bits per heavy atom. The SMILES string of the molecule is COc1nc2c(cc1C(=O)O)CN(S(=O)(=O)c1ccc(F)cc1)CC2. The number of carboxylic acids is 1. The smallest absolute Gasteiger partial charge is 0.341 e. The van der Waals surface area contributed by atoms with E-state index in [9.17, 15) is 22.7 Å². The normalized spacial score (nSPS) is 14.8. The summed E-state index contributed by atoms with van der Waals surface area (Å²) in [7, 11) is -2.48. The summed E-state index contributed by atoms with van der Waals surface area (Å²) < 4.78 is 44.6. The topological polar surface area (TPSA) is 96.8 Å². The Labute approximate surface area is 143 Å². The van der Waals surface area contributed by atoms with Gasteiger partial charge in [-0.05, 0) is 35.9 Å². The molecule has 7 nitrogen and oxygen atoms in total. The van der Waals surface area contributed by atoms with Crippen LogP contribution in [0.5, 0.6) is 5.88 Å². The van der Waals surface area contributed by atoms with Crippen molar-refractivity contribution in [2.75, 3.05) is 13.7 Å². The van der Waals surface area contributed by atoms with E-state index in [0.717, 1.165) is 12.1 Å². The van der Waals surface area contributed by atoms with Crippen molar-refractivity contribution >= 4 is 16.0 Å². The molecule has 0 fully saturated rings. The third-order valence-corrected chi connectivity index (χ3v) is 5.84. The minimum Gasteiger partial charge on any atom is -0.480 e. The highest BCUT2D eigenvalue weighted by Crippen LogP contribution is 2.28. The van der Waals surface area contributed by atoms with Gasteiger partial charge in [0.15, 0.2) is 0 Å². The minimum atomic E-state index is -3.81. The van der Waals surface area contributed by atoms with E-state index in [4.69, 9.17) is 4.74 Å². The summed E-state index contributed by atoms with van der Waals surface area (Å²) in [4.78, 5) is 15.5. The highest BCUT2D eigenvalue weighted by Gasteiger charge is 2.30. The molecular formula is C16H15FN2O5S. The summed E-state index contributed by atoms with van der Waals surface area (Å²) >= 11 is 0. The van der Waals surface area contributed by atoms with Crippen molar-refractivity contribution in [1.82, 2.24) is 9.29 Å². The first kappa shape index (κ1) is 17.3. The monoisotopic (exact) mass is 366 g/mol. The van der Waals surface area contributed by atoms with E-state index in [1.807, 2.05) is 0 Å². The van der Waals surface area contributed by atoms with Gasteiger partial charge in [0.25, 0.3) is 0 Å². The lowest BCUT2D eigenvalue weighted by Gasteiger charge is -2.28. The summed E-state index contributed by atoms with van der Waals surface area (Å²) in [6.07, 6.45) is 0.325. The van der Waals surface area contributed by atoms with Crippen molar-refractivity contribution in [3.05, 3.63) is 53.0 Å². The van der Waals surface area contributed by atoms with Gasteiger partial charge in [-0.25, -0.2) is 22.6 Å². The zero-order valence-corrected chi connectivity index (χ0v) is 14.1. The zero-order valence-electron chi connectivity index (χ0n) is 13.3. The number of aromatic nitrogens is 1. The van der Waals surface area contributed by atoms with E-state index >= 15 is 0 Å². The molecule has 132 valence electrons. The first-order valence-electron chi connectivity index (χ1n) is 7.38. The molecule has 2 heterocycles. The third-order valence-electron chi connectivity index (χ3n) is 3.98. The van der Waals surface area contributed by atoms with Crippen LogP contribution in [0.4, 0.5) is 4.39 Å². The van der Waals surface area contributed by atoms with E-state index in [0.29, 0.717) is 17.7 Å². The fourth-order valence-corrected chi connectivity index (χ4v) is 4.12. The molecule has 0 amide bonds. The number of aromatic carboxylic acids is 1. The summed E-state index contributed by atoms with van der Waals surface area (Å²) in [5.74, 6) is -1.72. The molecule has 0 unspecified atom stereocenters. The van der Waals surface area contributed by atoms with Gasteiger partial charge >= 0.3 is 5.97 Å². The zero-order chi connectivity index (χ0) is 18.2. The number of ether oxygens (including phenoxy) is 1. The van der Waals surface area contributed by atoms with E-state index < -0.39 is 21.8 Å². The Balaban J connectivity index is 1.96. The van der Waals surface area contributed by atoms with Crippen molar-refractivity contribution in [2.45, 2.75) is 17.9 Å². The van der Waals surface area contributed by atoms with Crippen LogP contribution in [0.15, 0.2) is 35.2 Å². The second-order valence-corrected chi connectivity index (χ2v) is 7.44. The highest BCUT2D eigenvalue weighted by molar-refractivity contribution is 7.89. The Hall–Kier alpha value is -2.52. The Morgan fingerprint density at radius 3 is 2.60 bits per heavy atom. The first-order valence-corrected chi connectivity index (χ1v) is 8.82. The van der Waals surface area contributed by atoms with Crippen LogP contribution >= 0.6 is 0 Å². The van der Waals surface area contributed by atoms with Gasteiger partial charge in [0.1, 0.15) is 11.4 Å². The van der Waals surface area contributed by atoms with Crippen LogP contribution in [0.25, 0.3) is 0 Å². The second-order valence-electron chi connectivity index (χ2n) is 5.50. The number of benzene rings is 1. The number of methoxy groups -OCH3 is 1. The van der Waals surface area contributed by atoms with Crippen LogP contribution in [0.3, 0.4) is 0 Å². The van der Waals surface area contributed by atoms with E-state index in [1.54, 1.807) is 0 Å². The summed E-state index contributed by atoms with van der Waals surface area (Å²) in [5, 5.41) is 9.24. The molecule has 0 bridgehead atoms. The molecule has 0 saturated carbocycles. The van der Waals surface area contributed by atoms with Crippen molar-refractivity contribution in [3.63, 3.8) is 0 Å².